The fourth-order valence-electron chi connectivity index (χ4n) is 1.42. The summed E-state index contributed by atoms with van der Waals surface area (Å²) in [7, 11) is 0. The minimum Gasteiger partial charge on any atom is -0.379 e. The van der Waals surface area contributed by atoms with E-state index in [1.165, 1.54) is 0 Å². The van der Waals surface area contributed by atoms with Gasteiger partial charge in [-0.2, -0.15) is 0 Å². The molecule has 1 aliphatic rings. The summed E-state index contributed by atoms with van der Waals surface area (Å²) >= 11 is 0. The van der Waals surface area contributed by atoms with Gasteiger partial charge in [0.15, 0.2) is 0 Å². The van der Waals surface area contributed by atoms with Crippen LogP contribution in [0.15, 0.2) is 0 Å². The average Bonchev–Trinajstić information content (AvgIpc) is 2.04. The van der Waals surface area contributed by atoms with Crippen molar-refractivity contribution in [2.75, 3.05) is 19.8 Å². The van der Waals surface area contributed by atoms with E-state index in [-0.39, 0.29) is 6.23 Å². The molecule has 2 atom stereocenters. The number of hydrogen-bond donors (Lipinski definition) is 1. The van der Waals surface area contributed by atoms with Crippen LogP contribution in [0.2, 0.25) is 0 Å². The van der Waals surface area contributed by atoms with E-state index in [1.807, 2.05) is 6.92 Å². The number of aliphatic hydroxyl groups is 1. The number of aliphatic hydroxyl groups excluding tert-OH is 1. The highest BCUT2D eigenvalue weighted by Gasteiger charge is 2.23. The maximum Gasteiger partial charge on any atom is 0.107 e. The van der Waals surface area contributed by atoms with Gasteiger partial charge in [0.05, 0.1) is 13.2 Å². The summed E-state index contributed by atoms with van der Waals surface area (Å²) in [6, 6.07) is 0.360. The summed E-state index contributed by atoms with van der Waals surface area (Å²) in [5, 5.41) is 9.52. The van der Waals surface area contributed by atoms with Gasteiger partial charge < -0.3 is 9.84 Å². The maximum atomic E-state index is 9.52. The molecule has 1 N–H and O–H groups in total. The van der Waals surface area contributed by atoms with Crippen molar-refractivity contribution < 1.29 is 9.84 Å². The quantitative estimate of drug-likeness (QED) is 0.634. The molecule has 0 spiro atoms. The standard InChI is InChI=1S/C8H17NO2/c1-3-8(10)9-4-5-11-6-7(9)2/h7-8,10H,3-6H2,1-2H3. The summed E-state index contributed by atoms with van der Waals surface area (Å²) in [5.74, 6) is 0. The predicted octanol–water partition coefficient (Wildman–Crippen LogP) is 0.435. The van der Waals surface area contributed by atoms with Crippen LogP contribution in [-0.2, 0) is 4.74 Å². The first-order chi connectivity index (χ1) is 5.25. The summed E-state index contributed by atoms with van der Waals surface area (Å²) in [6.45, 7) is 6.43. The lowest BCUT2D eigenvalue weighted by molar-refractivity contribution is -0.0895. The van der Waals surface area contributed by atoms with E-state index in [0.717, 1.165) is 26.2 Å². The third kappa shape index (κ3) is 2.15. The monoisotopic (exact) mass is 159 g/mol. The molecule has 1 fully saturated rings. The van der Waals surface area contributed by atoms with Gasteiger partial charge in [-0.3, -0.25) is 4.90 Å². The number of nitrogens with zero attached hydrogens (tertiary/aromatic N) is 1. The molecule has 2 unspecified atom stereocenters. The molecule has 0 radical (unpaired) electrons. The van der Waals surface area contributed by atoms with Crippen molar-refractivity contribution in [3.05, 3.63) is 0 Å². The summed E-state index contributed by atoms with van der Waals surface area (Å²) in [6.07, 6.45) is 0.513. The highest BCUT2D eigenvalue weighted by atomic mass is 16.5. The van der Waals surface area contributed by atoms with Crippen molar-refractivity contribution in [2.45, 2.75) is 32.5 Å². The van der Waals surface area contributed by atoms with Crippen molar-refractivity contribution in [3.63, 3.8) is 0 Å². The Labute approximate surface area is 68.0 Å². The molecular weight excluding hydrogens is 142 g/mol. The minimum atomic E-state index is -0.283. The zero-order chi connectivity index (χ0) is 8.27. The van der Waals surface area contributed by atoms with E-state index in [1.54, 1.807) is 0 Å². The average molecular weight is 159 g/mol. The predicted molar refractivity (Wildman–Crippen MR) is 43.3 cm³/mol. The SMILES string of the molecule is CCC(O)N1CCOCC1C. The smallest absolute Gasteiger partial charge is 0.107 e. The first kappa shape index (κ1) is 8.97. The van der Waals surface area contributed by atoms with Gasteiger partial charge in [-0.05, 0) is 13.3 Å². The molecule has 0 amide bonds. The van der Waals surface area contributed by atoms with Gasteiger partial charge in [-0.1, -0.05) is 6.92 Å². The Morgan fingerprint density at radius 2 is 2.45 bits per heavy atom. The van der Waals surface area contributed by atoms with Crippen LogP contribution in [0.3, 0.4) is 0 Å². The molecular formula is C8H17NO2. The van der Waals surface area contributed by atoms with Crippen LogP contribution in [0.1, 0.15) is 20.3 Å². The van der Waals surface area contributed by atoms with Crippen LogP contribution in [0.4, 0.5) is 0 Å². The van der Waals surface area contributed by atoms with Gasteiger partial charge in [-0.15, -0.1) is 0 Å². The largest absolute Gasteiger partial charge is 0.379 e. The molecule has 0 aromatic rings. The van der Waals surface area contributed by atoms with E-state index in [4.69, 9.17) is 4.74 Å². The Bertz CT molecular complexity index is 115. The molecule has 1 rings (SSSR count). The topological polar surface area (TPSA) is 32.7 Å². The molecule has 66 valence electrons. The van der Waals surface area contributed by atoms with Crippen molar-refractivity contribution in [1.82, 2.24) is 4.90 Å². The third-order valence-electron chi connectivity index (χ3n) is 2.17. The molecule has 1 aliphatic heterocycles. The van der Waals surface area contributed by atoms with E-state index < -0.39 is 0 Å². The second-order valence-corrected chi connectivity index (χ2v) is 3.05. The van der Waals surface area contributed by atoms with Crippen LogP contribution in [0.5, 0.6) is 0 Å². The van der Waals surface area contributed by atoms with E-state index in [2.05, 4.69) is 11.8 Å². The molecule has 0 aliphatic carbocycles. The van der Waals surface area contributed by atoms with Crippen molar-refractivity contribution in [1.29, 1.82) is 0 Å². The summed E-state index contributed by atoms with van der Waals surface area (Å²) in [5.41, 5.74) is 0. The zero-order valence-electron chi connectivity index (χ0n) is 7.29. The van der Waals surface area contributed by atoms with Gasteiger partial charge in [0.2, 0.25) is 0 Å². The van der Waals surface area contributed by atoms with Crippen molar-refractivity contribution >= 4 is 0 Å². The normalized spacial score (nSPS) is 30.3. The molecule has 0 bridgehead atoms. The van der Waals surface area contributed by atoms with Crippen molar-refractivity contribution in [3.8, 4) is 0 Å². The number of rotatable bonds is 2. The Balaban J connectivity index is 2.40. The highest BCUT2D eigenvalue weighted by Crippen LogP contribution is 2.10. The van der Waals surface area contributed by atoms with E-state index in [0.29, 0.717) is 6.04 Å². The van der Waals surface area contributed by atoms with Crippen LogP contribution in [0.25, 0.3) is 0 Å². The second kappa shape index (κ2) is 4.04. The van der Waals surface area contributed by atoms with E-state index in [9.17, 15) is 5.11 Å². The molecule has 0 aromatic heterocycles. The Morgan fingerprint density at radius 1 is 1.73 bits per heavy atom. The van der Waals surface area contributed by atoms with E-state index >= 15 is 0 Å². The molecule has 1 saturated heterocycles. The maximum absolute atomic E-state index is 9.52. The van der Waals surface area contributed by atoms with Crippen LogP contribution in [0, 0.1) is 0 Å². The summed E-state index contributed by atoms with van der Waals surface area (Å²) in [4.78, 5) is 2.09. The molecule has 1 heterocycles. The minimum absolute atomic E-state index is 0.283. The molecule has 0 aromatic carbocycles. The second-order valence-electron chi connectivity index (χ2n) is 3.05. The summed E-state index contributed by atoms with van der Waals surface area (Å²) < 4.78 is 5.25. The van der Waals surface area contributed by atoms with Gasteiger partial charge in [0.25, 0.3) is 0 Å². The fourth-order valence-corrected chi connectivity index (χ4v) is 1.42. The zero-order valence-corrected chi connectivity index (χ0v) is 7.29. The number of ether oxygens (including phenoxy) is 1. The van der Waals surface area contributed by atoms with Crippen LogP contribution < -0.4 is 0 Å². The van der Waals surface area contributed by atoms with Gasteiger partial charge >= 0.3 is 0 Å². The Hall–Kier alpha value is -0.120. The highest BCUT2D eigenvalue weighted by molar-refractivity contribution is 4.72. The van der Waals surface area contributed by atoms with Crippen LogP contribution in [-0.4, -0.2) is 42.0 Å². The molecule has 3 heteroatoms. The lowest BCUT2D eigenvalue weighted by Crippen LogP contribution is -2.49. The molecule has 0 saturated carbocycles. The Kier molecular flexibility index (Phi) is 3.30. The van der Waals surface area contributed by atoms with Gasteiger partial charge in [0.1, 0.15) is 6.23 Å². The van der Waals surface area contributed by atoms with Crippen LogP contribution >= 0.6 is 0 Å². The third-order valence-corrected chi connectivity index (χ3v) is 2.17. The molecule has 11 heavy (non-hydrogen) atoms. The molecule has 3 nitrogen and oxygen atoms in total. The lowest BCUT2D eigenvalue weighted by Gasteiger charge is -2.36. The lowest BCUT2D eigenvalue weighted by atomic mass is 10.2. The number of hydrogen-bond acceptors (Lipinski definition) is 3. The number of morpholine rings is 1. The Morgan fingerprint density at radius 3 is 3.00 bits per heavy atom. The van der Waals surface area contributed by atoms with Gasteiger partial charge in [0, 0.05) is 12.6 Å². The van der Waals surface area contributed by atoms with Gasteiger partial charge in [-0.25, -0.2) is 0 Å². The van der Waals surface area contributed by atoms with Crippen molar-refractivity contribution in [2.24, 2.45) is 0 Å². The first-order valence-corrected chi connectivity index (χ1v) is 4.27. The fraction of sp³-hybridized carbons (Fsp3) is 1.00. The first-order valence-electron chi connectivity index (χ1n) is 4.27.